The molecule has 0 aliphatic carbocycles. The molecule has 106 valence electrons. The minimum atomic E-state index is -0.169. The fourth-order valence-corrected chi connectivity index (χ4v) is 2.13. The molecule has 20 heavy (non-hydrogen) atoms. The van der Waals surface area contributed by atoms with E-state index < -0.39 is 0 Å². The van der Waals surface area contributed by atoms with Crippen LogP contribution in [0.15, 0.2) is 36.7 Å². The normalized spacial score (nSPS) is 11.3. The van der Waals surface area contributed by atoms with Gasteiger partial charge < -0.3 is 5.32 Å². The van der Waals surface area contributed by atoms with E-state index >= 15 is 0 Å². The number of aromatic nitrogens is 3. The summed E-state index contributed by atoms with van der Waals surface area (Å²) in [6.45, 7) is 4.73. The van der Waals surface area contributed by atoms with E-state index in [1.54, 1.807) is 0 Å². The van der Waals surface area contributed by atoms with Crippen molar-refractivity contribution < 1.29 is 4.79 Å². The number of benzene rings is 1. The highest BCUT2D eigenvalue weighted by Gasteiger charge is 2.23. The fourth-order valence-electron chi connectivity index (χ4n) is 2.13. The predicted molar refractivity (Wildman–Crippen MR) is 77.2 cm³/mol. The van der Waals surface area contributed by atoms with Crippen LogP contribution in [0.5, 0.6) is 0 Å². The van der Waals surface area contributed by atoms with Gasteiger partial charge in [0.15, 0.2) is 0 Å². The summed E-state index contributed by atoms with van der Waals surface area (Å²) >= 11 is 0. The van der Waals surface area contributed by atoms with E-state index in [-0.39, 0.29) is 11.3 Å². The number of carbonyl (C=O) groups excluding carboxylic acids is 1. The van der Waals surface area contributed by atoms with Crippen LogP contribution < -0.4 is 5.32 Å². The first-order chi connectivity index (χ1) is 9.58. The standard InChI is InChI=1S/C15H20N4O/c1-15(2,12-6-4-3-5-7-12)10-14(20)16-9-8-13-17-11-18-19-13/h3-7,11H,8-10H2,1-2H3,(H,16,20)(H,17,18,19). The number of hydrogen-bond acceptors (Lipinski definition) is 3. The van der Waals surface area contributed by atoms with Crippen molar-refractivity contribution in [3.05, 3.63) is 48.0 Å². The number of rotatable bonds is 6. The summed E-state index contributed by atoms with van der Waals surface area (Å²) in [7, 11) is 0. The van der Waals surface area contributed by atoms with Gasteiger partial charge in [-0.05, 0) is 11.0 Å². The third-order valence-electron chi connectivity index (χ3n) is 3.31. The van der Waals surface area contributed by atoms with Crippen LogP contribution in [0, 0.1) is 0 Å². The van der Waals surface area contributed by atoms with Crippen molar-refractivity contribution in [1.29, 1.82) is 0 Å². The Morgan fingerprint density at radius 1 is 1.30 bits per heavy atom. The van der Waals surface area contributed by atoms with Crippen LogP contribution in [0.1, 0.15) is 31.7 Å². The fraction of sp³-hybridized carbons (Fsp3) is 0.400. The zero-order chi connectivity index (χ0) is 14.4. The van der Waals surface area contributed by atoms with Crippen molar-refractivity contribution in [3.8, 4) is 0 Å². The molecule has 0 fully saturated rings. The lowest BCUT2D eigenvalue weighted by Gasteiger charge is -2.24. The van der Waals surface area contributed by atoms with Crippen LogP contribution >= 0.6 is 0 Å². The molecule has 0 aliphatic rings. The Morgan fingerprint density at radius 3 is 2.70 bits per heavy atom. The van der Waals surface area contributed by atoms with Gasteiger partial charge in [-0.3, -0.25) is 9.89 Å². The van der Waals surface area contributed by atoms with E-state index in [0.29, 0.717) is 19.4 Å². The van der Waals surface area contributed by atoms with Crippen molar-refractivity contribution >= 4 is 5.91 Å². The molecule has 0 bridgehead atoms. The average Bonchev–Trinajstić information content (AvgIpc) is 2.92. The molecular formula is C15H20N4O. The molecule has 2 rings (SSSR count). The second-order valence-corrected chi connectivity index (χ2v) is 5.46. The summed E-state index contributed by atoms with van der Waals surface area (Å²) in [6, 6.07) is 10.1. The van der Waals surface area contributed by atoms with E-state index in [1.807, 2.05) is 18.2 Å². The quantitative estimate of drug-likeness (QED) is 0.842. The highest BCUT2D eigenvalue weighted by Crippen LogP contribution is 2.26. The highest BCUT2D eigenvalue weighted by atomic mass is 16.1. The molecule has 1 heterocycles. The molecule has 0 unspecified atom stereocenters. The maximum Gasteiger partial charge on any atom is 0.220 e. The van der Waals surface area contributed by atoms with Gasteiger partial charge in [0.1, 0.15) is 12.2 Å². The smallest absolute Gasteiger partial charge is 0.220 e. The van der Waals surface area contributed by atoms with E-state index in [1.165, 1.54) is 11.9 Å². The van der Waals surface area contributed by atoms with Crippen LogP contribution in [0.3, 0.4) is 0 Å². The summed E-state index contributed by atoms with van der Waals surface area (Å²) in [5.74, 6) is 0.839. The van der Waals surface area contributed by atoms with Gasteiger partial charge in [-0.1, -0.05) is 44.2 Å². The zero-order valence-corrected chi connectivity index (χ0v) is 11.9. The topological polar surface area (TPSA) is 70.7 Å². The molecule has 5 nitrogen and oxygen atoms in total. The lowest BCUT2D eigenvalue weighted by atomic mass is 9.81. The van der Waals surface area contributed by atoms with Gasteiger partial charge in [0.05, 0.1) is 0 Å². The molecule has 0 atom stereocenters. The Bertz CT molecular complexity index is 534. The van der Waals surface area contributed by atoms with Gasteiger partial charge in [-0.25, -0.2) is 4.98 Å². The number of H-pyrrole nitrogens is 1. The van der Waals surface area contributed by atoms with E-state index in [4.69, 9.17) is 0 Å². The van der Waals surface area contributed by atoms with Gasteiger partial charge in [-0.2, -0.15) is 5.10 Å². The molecule has 0 spiro atoms. The number of hydrogen-bond donors (Lipinski definition) is 2. The van der Waals surface area contributed by atoms with Crippen molar-refractivity contribution in [2.45, 2.75) is 32.1 Å². The molecule has 1 amide bonds. The molecule has 0 saturated carbocycles. The van der Waals surface area contributed by atoms with Crippen molar-refractivity contribution in [3.63, 3.8) is 0 Å². The maximum absolute atomic E-state index is 12.0. The highest BCUT2D eigenvalue weighted by molar-refractivity contribution is 5.77. The molecule has 2 aromatic rings. The lowest BCUT2D eigenvalue weighted by molar-refractivity contribution is -0.122. The lowest BCUT2D eigenvalue weighted by Crippen LogP contribution is -2.32. The van der Waals surface area contributed by atoms with E-state index in [2.05, 4.69) is 46.5 Å². The maximum atomic E-state index is 12.0. The van der Waals surface area contributed by atoms with Crippen LogP contribution in [0.4, 0.5) is 0 Å². The van der Waals surface area contributed by atoms with Gasteiger partial charge in [0.2, 0.25) is 5.91 Å². The van der Waals surface area contributed by atoms with Gasteiger partial charge in [0.25, 0.3) is 0 Å². The number of aromatic amines is 1. The minimum Gasteiger partial charge on any atom is -0.356 e. The van der Waals surface area contributed by atoms with Crippen molar-refractivity contribution in [1.82, 2.24) is 20.5 Å². The second-order valence-electron chi connectivity index (χ2n) is 5.46. The van der Waals surface area contributed by atoms with Crippen molar-refractivity contribution in [2.24, 2.45) is 0 Å². The third-order valence-corrected chi connectivity index (χ3v) is 3.31. The van der Waals surface area contributed by atoms with Crippen LogP contribution in [0.25, 0.3) is 0 Å². The third kappa shape index (κ3) is 3.91. The molecule has 0 saturated heterocycles. The Kier molecular flexibility index (Phi) is 4.50. The Morgan fingerprint density at radius 2 is 2.05 bits per heavy atom. The monoisotopic (exact) mass is 272 g/mol. The van der Waals surface area contributed by atoms with E-state index in [9.17, 15) is 4.79 Å². The molecular weight excluding hydrogens is 252 g/mol. The van der Waals surface area contributed by atoms with Crippen LogP contribution in [-0.2, 0) is 16.6 Å². The van der Waals surface area contributed by atoms with Gasteiger partial charge in [-0.15, -0.1) is 0 Å². The zero-order valence-electron chi connectivity index (χ0n) is 11.9. The first-order valence-corrected chi connectivity index (χ1v) is 6.74. The molecule has 2 N–H and O–H groups in total. The average molecular weight is 272 g/mol. The first-order valence-electron chi connectivity index (χ1n) is 6.74. The van der Waals surface area contributed by atoms with Gasteiger partial charge in [0, 0.05) is 19.4 Å². The number of nitrogens with one attached hydrogen (secondary N) is 2. The predicted octanol–water partition coefficient (Wildman–Crippen LogP) is 1.83. The number of amides is 1. The molecule has 5 heteroatoms. The molecule has 1 aromatic heterocycles. The Hall–Kier alpha value is -2.17. The minimum absolute atomic E-state index is 0.0540. The SMILES string of the molecule is CC(C)(CC(=O)NCCc1ncn[nH]1)c1ccccc1. The van der Waals surface area contributed by atoms with Crippen molar-refractivity contribution in [2.75, 3.05) is 6.54 Å². The Balaban J connectivity index is 1.81. The molecule has 0 aliphatic heterocycles. The van der Waals surface area contributed by atoms with Gasteiger partial charge >= 0.3 is 0 Å². The largest absolute Gasteiger partial charge is 0.356 e. The second kappa shape index (κ2) is 6.32. The molecule has 0 radical (unpaired) electrons. The Labute approximate surface area is 118 Å². The number of nitrogens with zero attached hydrogens (tertiary/aromatic N) is 2. The molecule has 1 aromatic carbocycles. The summed E-state index contributed by atoms with van der Waals surface area (Å²) in [5.41, 5.74) is 1.00. The summed E-state index contributed by atoms with van der Waals surface area (Å²) in [6.07, 6.45) is 2.60. The summed E-state index contributed by atoms with van der Waals surface area (Å²) < 4.78 is 0. The summed E-state index contributed by atoms with van der Waals surface area (Å²) in [4.78, 5) is 16.0. The number of carbonyl (C=O) groups is 1. The van der Waals surface area contributed by atoms with E-state index in [0.717, 1.165) is 5.82 Å². The van der Waals surface area contributed by atoms with Crippen LogP contribution in [0.2, 0.25) is 0 Å². The first kappa shape index (κ1) is 14.2. The summed E-state index contributed by atoms with van der Waals surface area (Å²) in [5, 5.41) is 9.46. The van der Waals surface area contributed by atoms with Crippen LogP contribution in [-0.4, -0.2) is 27.6 Å².